The maximum absolute atomic E-state index is 13.2. The largest absolute Gasteiger partial charge is 0.271 e. The van der Waals surface area contributed by atoms with Crippen molar-refractivity contribution in [2.45, 2.75) is 13.0 Å². The first-order valence-corrected chi connectivity index (χ1v) is 5.96. The molecule has 90 valence electrons. The average Bonchev–Trinajstić information content (AvgIpc) is 2.71. The van der Waals surface area contributed by atoms with E-state index in [2.05, 4.69) is 5.43 Å². The van der Waals surface area contributed by atoms with Gasteiger partial charge in [0.15, 0.2) is 11.6 Å². The predicted molar refractivity (Wildman–Crippen MR) is 64.6 cm³/mol. The second kappa shape index (κ2) is 4.91. The minimum atomic E-state index is -0.866. The molecule has 17 heavy (non-hydrogen) atoms. The number of nitrogens with two attached hydrogens (primary N) is 1. The van der Waals surface area contributed by atoms with Crippen molar-refractivity contribution in [3.63, 3.8) is 0 Å². The van der Waals surface area contributed by atoms with E-state index in [0.717, 1.165) is 22.6 Å². The van der Waals surface area contributed by atoms with E-state index in [4.69, 9.17) is 5.84 Å². The fraction of sp³-hybridized carbons (Fsp3) is 0.167. The van der Waals surface area contributed by atoms with Gasteiger partial charge in [-0.1, -0.05) is 6.07 Å². The maximum atomic E-state index is 13.2. The van der Waals surface area contributed by atoms with Crippen molar-refractivity contribution in [1.29, 1.82) is 0 Å². The molecule has 2 rings (SSSR count). The number of halogens is 2. The molecule has 0 aliphatic carbocycles. The number of aryl methyl sites for hydroxylation is 1. The van der Waals surface area contributed by atoms with E-state index in [-0.39, 0.29) is 6.04 Å². The Morgan fingerprint density at radius 1 is 1.18 bits per heavy atom. The van der Waals surface area contributed by atoms with Crippen LogP contribution >= 0.6 is 11.3 Å². The standard InChI is InChI=1S/C12H12F2N2S/c1-7-4-9(6-17-7)12(16-15)8-2-3-10(13)11(14)5-8/h2-6,12,16H,15H2,1H3. The summed E-state index contributed by atoms with van der Waals surface area (Å²) in [4.78, 5) is 1.14. The van der Waals surface area contributed by atoms with Crippen molar-refractivity contribution < 1.29 is 8.78 Å². The first-order valence-electron chi connectivity index (χ1n) is 5.08. The zero-order valence-corrected chi connectivity index (χ0v) is 10.0. The van der Waals surface area contributed by atoms with Gasteiger partial charge in [0.25, 0.3) is 0 Å². The molecule has 3 N–H and O–H groups in total. The molecule has 1 heterocycles. The van der Waals surface area contributed by atoms with Crippen molar-refractivity contribution in [2.24, 2.45) is 5.84 Å². The molecule has 2 nitrogen and oxygen atoms in total. The van der Waals surface area contributed by atoms with Gasteiger partial charge in [-0.15, -0.1) is 11.3 Å². The lowest BCUT2D eigenvalue weighted by Gasteiger charge is -2.15. The van der Waals surface area contributed by atoms with Gasteiger partial charge in [-0.05, 0) is 41.6 Å². The summed E-state index contributed by atoms with van der Waals surface area (Å²) in [6.07, 6.45) is 0. The second-order valence-electron chi connectivity index (χ2n) is 3.76. The summed E-state index contributed by atoms with van der Waals surface area (Å²) in [6, 6.07) is 5.43. The maximum Gasteiger partial charge on any atom is 0.159 e. The van der Waals surface area contributed by atoms with E-state index in [1.807, 2.05) is 18.4 Å². The molecule has 0 amide bonds. The molecule has 0 aliphatic rings. The molecule has 0 fully saturated rings. The average molecular weight is 254 g/mol. The molecular formula is C12H12F2N2S. The quantitative estimate of drug-likeness (QED) is 0.653. The summed E-state index contributed by atoms with van der Waals surface area (Å²) >= 11 is 1.59. The number of benzene rings is 1. The third-order valence-electron chi connectivity index (χ3n) is 2.53. The van der Waals surface area contributed by atoms with Crippen molar-refractivity contribution in [1.82, 2.24) is 5.43 Å². The normalized spacial score (nSPS) is 12.7. The summed E-state index contributed by atoms with van der Waals surface area (Å²) in [5.41, 5.74) is 4.16. The van der Waals surface area contributed by atoms with E-state index < -0.39 is 11.6 Å². The highest BCUT2D eigenvalue weighted by atomic mass is 32.1. The molecule has 1 atom stereocenters. The van der Waals surface area contributed by atoms with Crippen LogP contribution in [-0.2, 0) is 0 Å². The van der Waals surface area contributed by atoms with Gasteiger partial charge < -0.3 is 0 Å². The minimum absolute atomic E-state index is 0.324. The van der Waals surface area contributed by atoms with E-state index in [1.165, 1.54) is 6.07 Å². The van der Waals surface area contributed by atoms with Crippen LogP contribution in [0.2, 0.25) is 0 Å². The second-order valence-corrected chi connectivity index (χ2v) is 4.88. The monoisotopic (exact) mass is 254 g/mol. The number of nitrogens with one attached hydrogen (secondary N) is 1. The van der Waals surface area contributed by atoms with Gasteiger partial charge in [0, 0.05) is 4.88 Å². The van der Waals surface area contributed by atoms with Gasteiger partial charge in [0.05, 0.1) is 6.04 Å². The van der Waals surface area contributed by atoms with Crippen LogP contribution in [0.1, 0.15) is 22.0 Å². The van der Waals surface area contributed by atoms with Gasteiger partial charge in [-0.25, -0.2) is 14.2 Å². The Balaban J connectivity index is 2.38. The van der Waals surface area contributed by atoms with Crippen molar-refractivity contribution >= 4 is 11.3 Å². The van der Waals surface area contributed by atoms with Crippen LogP contribution in [0, 0.1) is 18.6 Å². The van der Waals surface area contributed by atoms with Crippen LogP contribution in [0.5, 0.6) is 0 Å². The molecule has 0 spiro atoms. The van der Waals surface area contributed by atoms with Gasteiger partial charge in [0.1, 0.15) is 0 Å². The van der Waals surface area contributed by atoms with E-state index in [0.29, 0.717) is 5.56 Å². The Bertz CT molecular complexity index is 525. The molecule has 1 unspecified atom stereocenters. The SMILES string of the molecule is Cc1cc(C(NN)c2ccc(F)c(F)c2)cs1. The molecule has 0 saturated carbocycles. The molecular weight excluding hydrogens is 242 g/mol. The summed E-state index contributed by atoms with van der Waals surface area (Å²) in [5, 5.41) is 1.95. The van der Waals surface area contributed by atoms with Crippen LogP contribution in [0.25, 0.3) is 0 Å². The number of thiophene rings is 1. The fourth-order valence-electron chi connectivity index (χ4n) is 1.69. The lowest BCUT2D eigenvalue weighted by Crippen LogP contribution is -2.28. The first kappa shape index (κ1) is 12.2. The van der Waals surface area contributed by atoms with Gasteiger partial charge >= 0.3 is 0 Å². The molecule has 2 aromatic rings. The Morgan fingerprint density at radius 2 is 1.94 bits per heavy atom. The van der Waals surface area contributed by atoms with Crippen molar-refractivity contribution in [3.05, 3.63) is 57.3 Å². The zero-order valence-electron chi connectivity index (χ0n) is 9.21. The topological polar surface area (TPSA) is 38.0 Å². The number of hydrazine groups is 1. The lowest BCUT2D eigenvalue weighted by molar-refractivity contribution is 0.504. The van der Waals surface area contributed by atoms with Crippen molar-refractivity contribution in [3.8, 4) is 0 Å². The molecule has 0 radical (unpaired) electrons. The molecule has 1 aromatic carbocycles. The number of hydrogen-bond donors (Lipinski definition) is 2. The van der Waals surface area contributed by atoms with Crippen LogP contribution in [0.3, 0.4) is 0 Å². The third-order valence-corrected chi connectivity index (χ3v) is 3.41. The molecule has 0 bridgehead atoms. The zero-order chi connectivity index (χ0) is 12.4. The third kappa shape index (κ3) is 2.52. The summed E-state index contributed by atoms with van der Waals surface area (Å²) < 4.78 is 26.0. The van der Waals surface area contributed by atoms with Gasteiger partial charge in [0.2, 0.25) is 0 Å². The Kier molecular flexibility index (Phi) is 3.51. The highest BCUT2D eigenvalue weighted by Gasteiger charge is 2.15. The van der Waals surface area contributed by atoms with Crippen LogP contribution in [0.15, 0.2) is 29.6 Å². The molecule has 0 saturated heterocycles. The van der Waals surface area contributed by atoms with Gasteiger partial charge in [-0.3, -0.25) is 5.84 Å². The van der Waals surface area contributed by atoms with Crippen LogP contribution < -0.4 is 11.3 Å². The van der Waals surface area contributed by atoms with Gasteiger partial charge in [-0.2, -0.15) is 0 Å². The minimum Gasteiger partial charge on any atom is -0.271 e. The molecule has 0 aliphatic heterocycles. The van der Waals surface area contributed by atoms with Crippen LogP contribution in [0.4, 0.5) is 8.78 Å². The van der Waals surface area contributed by atoms with E-state index >= 15 is 0 Å². The van der Waals surface area contributed by atoms with E-state index in [1.54, 1.807) is 11.3 Å². The van der Waals surface area contributed by atoms with E-state index in [9.17, 15) is 8.78 Å². The molecule has 5 heteroatoms. The summed E-state index contributed by atoms with van der Waals surface area (Å²) in [6.45, 7) is 1.98. The summed E-state index contributed by atoms with van der Waals surface area (Å²) in [5.74, 6) is 3.75. The summed E-state index contributed by atoms with van der Waals surface area (Å²) in [7, 11) is 0. The van der Waals surface area contributed by atoms with Crippen molar-refractivity contribution in [2.75, 3.05) is 0 Å². The first-order chi connectivity index (χ1) is 8.11. The lowest BCUT2D eigenvalue weighted by atomic mass is 10.0. The molecule has 1 aromatic heterocycles. The van der Waals surface area contributed by atoms with Crippen LogP contribution in [-0.4, -0.2) is 0 Å². The highest BCUT2D eigenvalue weighted by molar-refractivity contribution is 7.10. The number of hydrogen-bond acceptors (Lipinski definition) is 3. The Morgan fingerprint density at radius 3 is 2.47 bits per heavy atom. The Hall–Kier alpha value is -1.30. The fourth-order valence-corrected chi connectivity index (χ4v) is 2.42. The highest BCUT2D eigenvalue weighted by Crippen LogP contribution is 2.26. The Labute approximate surface area is 102 Å². The predicted octanol–water partition coefficient (Wildman–Crippen LogP) is 2.89. The number of rotatable bonds is 3. The smallest absolute Gasteiger partial charge is 0.159 e.